The number of nitrogens with zero attached hydrogens (tertiary/aromatic N) is 1. The van der Waals surface area contributed by atoms with Crippen molar-refractivity contribution < 1.29 is 4.94 Å². The zero-order chi connectivity index (χ0) is 6.97. The van der Waals surface area contributed by atoms with Gasteiger partial charge < -0.3 is 0 Å². The molecule has 0 unspecified atom stereocenters. The molecule has 0 saturated carbocycles. The van der Waals surface area contributed by atoms with Gasteiger partial charge in [-0.1, -0.05) is 12.1 Å². The van der Waals surface area contributed by atoms with Crippen molar-refractivity contribution in [3.8, 4) is 0 Å². The third-order valence-corrected chi connectivity index (χ3v) is 1.86. The van der Waals surface area contributed by atoms with Crippen molar-refractivity contribution in [1.82, 2.24) is 0 Å². The van der Waals surface area contributed by atoms with Crippen molar-refractivity contribution in [1.29, 1.82) is 0 Å². The third-order valence-electron chi connectivity index (χ3n) is 1.33. The predicted molar refractivity (Wildman–Crippen MR) is 42.6 cm³/mol. The quantitative estimate of drug-likeness (QED) is 0.650. The maximum absolute atomic E-state index is 4.92. The Bertz CT molecular complexity index is 253. The predicted octanol–water partition coefficient (Wildman–Crippen LogP) is 2.08. The largest absolute Gasteiger partial charge is 0.239 e. The van der Waals surface area contributed by atoms with Crippen LogP contribution in [0.1, 0.15) is 0 Å². The molecule has 2 rings (SSSR count). The Labute approximate surface area is 66.8 Å². The summed E-state index contributed by atoms with van der Waals surface area (Å²) in [6.07, 6.45) is 0. The minimum Gasteiger partial charge on any atom is -0.239 e. The van der Waals surface area contributed by atoms with Gasteiger partial charge in [0.1, 0.15) is 5.69 Å². The van der Waals surface area contributed by atoms with E-state index in [9.17, 15) is 0 Å². The average molecular weight is 201 g/mol. The molecule has 1 aliphatic heterocycles. The molecule has 0 fully saturated rings. The molecule has 0 aromatic heterocycles. The van der Waals surface area contributed by atoms with Crippen molar-refractivity contribution in [2.75, 3.05) is 9.57 Å². The Balaban J connectivity index is 2.51. The van der Waals surface area contributed by atoms with Gasteiger partial charge in [0.25, 0.3) is 0 Å². The molecule has 4 heteroatoms. The topological polar surface area (TPSA) is 24.5 Å². The van der Waals surface area contributed by atoms with Gasteiger partial charge in [0.2, 0.25) is 0 Å². The van der Waals surface area contributed by atoms with E-state index in [0.29, 0.717) is 0 Å². The third kappa shape index (κ3) is 0.767. The number of halogens is 1. The fraction of sp³-hybridized carbons (Fsp3) is 0. The summed E-state index contributed by atoms with van der Waals surface area (Å²) in [6, 6.07) is 7.78. The van der Waals surface area contributed by atoms with Crippen molar-refractivity contribution >= 4 is 27.5 Å². The van der Waals surface area contributed by atoms with Crippen LogP contribution in [-0.2, 0) is 4.94 Å². The van der Waals surface area contributed by atoms with Crippen LogP contribution in [0.25, 0.3) is 0 Å². The normalized spacial score (nSPS) is 14.7. The van der Waals surface area contributed by atoms with Crippen LogP contribution in [0.4, 0.5) is 11.4 Å². The van der Waals surface area contributed by atoms with Gasteiger partial charge in [-0.15, -0.1) is 4.94 Å². The molecule has 3 nitrogen and oxygen atoms in total. The van der Waals surface area contributed by atoms with Gasteiger partial charge in [-0.25, -0.2) is 5.48 Å². The number of para-hydroxylation sites is 2. The first-order valence-electron chi connectivity index (χ1n) is 2.86. The molecule has 10 heavy (non-hydrogen) atoms. The van der Waals surface area contributed by atoms with Crippen LogP contribution in [0.3, 0.4) is 0 Å². The number of nitrogens with one attached hydrogen (secondary N) is 1. The summed E-state index contributed by atoms with van der Waals surface area (Å²) in [5, 5.41) is 0. The number of benzene rings is 1. The molecule has 0 radical (unpaired) electrons. The Morgan fingerprint density at radius 3 is 3.00 bits per heavy atom. The second kappa shape index (κ2) is 2.14. The zero-order valence-corrected chi connectivity index (χ0v) is 6.63. The maximum Gasteiger partial charge on any atom is 0.105 e. The van der Waals surface area contributed by atoms with E-state index in [0.717, 1.165) is 11.4 Å². The first-order valence-corrected chi connectivity index (χ1v) is 3.57. The molecule has 0 aliphatic carbocycles. The minimum atomic E-state index is 0.972. The molecule has 0 amide bonds. The van der Waals surface area contributed by atoms with Crippen LogP contribution >= 0.6 is 16.1 Å². The summed E-state index contributed by atoms with van der Waals surface area (Å²) < 4.78 is 1.50. The lowest BCUT2D eigenvalue weighted by Crippen LogP contribution is -2.04. The van der Waals surface area contributed by atoms with Gasteiger partial charge in [0.15, 0.2) is 0 Å². The van der Waals surface area contributed by atoms with Gasteiger partial charge >= 0.3 is 0 Å². The highest BCUT2D eigenvalue weighted by atomic mass is 79.9. The Kier molecular flexibility index (Phi) is 1.28. The summed E-state index contributed by atoms with van der Waals surface area (Å²) in [6.45, 7) is 0. The van der Waals surface area contributed by atoms with E-state index < -0.39 is 0 Å². The molecule has 0 spiro atoms. The highest BCUT2D eigenvalue weighted by Gasteiger charge is 2.15. The van der Waals surface area contributed by atoms with E-state index in [1.807, 2.05) is 24.3 Å². The van der Waals surface area contributed by atoms with Crippen molar-refractivity contribution in [3.63, 3.8) is 0 Å². The van der Waals surface area contributed by atoms with Gasteiger partial charge in [-0.2, -0.15) is 4.09 Å². The molecular formula is C6H5BrN2O. The standard InChI is InChI=1S/C6H5BrN2O/c7-9-6-4-2-1-3-5(6)8-10-9/h1-4,8H. The summed E-state index contributed by atoms with van der Waals surface area (Å²) in [5.74, 6) is 0. The molecule has 1 aromatic rings. The Hall–Kier alpha value is -0.740. The van der Waals surface area contributed by atoms with E-state index in [1.165, 1.54) is 4.09 Å². The first-order chi connectivity index (χ1) is 4.88. The molecule has 1 N–H and O–H groups in total. The Morgan fingerprint density at radius 1 is 1.40 bits per heavy atom. The highest BCUT2D eigenvalue weighted by Crippen LogP contribution is 2.33. The van der Waals surface area contributed by atoms with Crippen LogP contribution in [-0.4, -0.2) is 0 Å². The molecule has 1 aromatic carbocycles. The summed E-state index contributed by atoms with van der Waals surface area (Å²) in [5.41, 5.74) is 4.69. The average Bonchev–Trinajstić information content (AvgIpc) is 2.34. The maximum atomic E-state index is 4.92. The first kappa shape index (κ1) is 6.00. The van der Waals surface area contributed by atoms with Crippen LogP contribution in [0.5, 0.6) is 0 Å². The fourth-order valence-electron chi connectivity index (χ4n) is 0.852. The monoisotopic (exact) mass is 200 g/mol. The van der Waals surface area contributed by atoms with E-state index >= 15 is 0 Å². The number of anilines is 2. The minimum absolute atomic E-state index is 0.972. The lowest BCUT2D eigenvalue weighted by Gasteiger charge is -2.01. The van der Waals surface area contributed by atoms with Crippen LogP contribution < -0.4 is 9.57 Å². The van der Waals surface area contributed by atoms with Gasteiger partial charge in [-0.3, -0.25) is 0 Å². The van der Waals surface area contributed by atoms with Crippen molar-refractivity contribution in [2.45, 2.75) is 0 Å². The molecular weight excluding hydrogens is 196 g/mol. The SMILES string of the molecule is BrN1ONc2ccccc21. The van der Waals surface area contributed by atoms with Crippen molar-refractivity contribution in [2.24, 2.45) is 0 Å². The van der Waals surface area contributed by atoms with Gasteiger partial charge in [0, 0.05) is 0 Å². The second-order valence-corrected chi connectivity index (χ2v) is 2.60. The molecule has 1 heterocycles. The second-order valence-electron chi connectivity index (χ2n) is 1.96. The molecule has 0 bridgehead atoms. The Morgan fingerprint density at radius 2 is 2.20 bits per heavy atom. The van der Waals surface area contributed by atoms with Crippen molar-refractivity contribution in [3.05, 3.63) is 24.3 Å². The lowest BCUT2D eigenvalue weighted by molar-refractivity contribution is 0.243. The highest BCUT2D eigenvalue weighted by molar-refractivity contribution is 9.10. The molecule has 0 saturated heterocycles. The smallest absolute Gasteiger partial charge is 0.105 e. The molecule has 0 atom stereocenters. The van der Waals surface area contributed by atoms with E-state index in [4.69, 9.17) is 4.94 Å². The number of hydrogen-bond donors (Lipinski definition) is 1. The fourth-order valence-corrected chi connectivity index (χ4v) is 1.23. The van der Waals surface area contributed by atoms with E-state index in [-0.39, 0.29) is 0 Å². The number of rotatable bonds is 0. The van der Waals surface area contributed by atoms with Gasteiger partial charge in [0.05, 0.1) is 21.8 Å². The summed E-state index contributed by atoms with van der Waals surface area (Å²) in [7, 11) is 0. The molecule has 1 aliphatic rings. The summed E-state index contributed by atoms with van der Waals surface area (Å²) in [4.78, 5) is 4.92. The van der Waals surface area contributed by atoms with E-state index in [1.54, 1.807) is 0 Å². The van der Waals surface area contributed by atoms with Gasteiger partial charge in [-0.05, 0) is 12.1 Å². The summed E-state index contributed by atoms with van der Waals surface area (Å²) >= 11 is 3.19. The lowest BCUT2D eigenvalue weighted by atomic mass is 10.3. The van der Waals surface area contributed by atoms with E-state index in [2.05, 4.69) is 21.6 Å². The van der Waals surface area contributed by atoms with Crippen LogP contribution in [0.2, 0.25) is 0 Å². The molecule has 52 valence electrons. The number of hydrogen-bond acceptors (Lipinski definition) is 3. The number of fused-ring (bicyclic) bond motifs is 1. The zero-order valence-electron chi connectivity index (χ0n) is 5.04. The van der Waals surface area contributed by atoms with Crippen LogP contribution in [0.15, 0.2) is 24.3 Å². The van der Waals surface area contributed by atoms with Crippen LogP contribution in [0, 0.1) is 0 Å².